The number of methoxy groups -OCH3 is 3. The lowest BCUT2D eigenvalue weighted by Crippen LogP contribution is -2.42. The first-order valence-corrected chi connectivity index (χ1v) is 9.01. The summed E-state index contributed by atoms with van der Waals surface area (Å²) in [7, 11) is 3.87. The predicted octanol–water partition coefficient (Wildman–Crippen LogP) is 1.74. The third-order valence-corrected chi connectivity index (χ3v) is 5.10. The minimum absolute atomic E-state index is 0.0303. The number of benzene rings is 1. The van der Waals surface area contributed by atoms with Crippen LogP contribution in [0.4, 0.5) is 5.69 Å². The topological polar surface area (TPSA) is 99.2 Å². The molecule has 0 bridgehead atoms. The lowest BCUT2D eigenvalue weighted by molar-refractivity contribution is -0.142. The molecule has 0 radical (unpaired) electrons. The van der Waals surface area contributed by atoms with Crippen molar-refractivity contribution in [1.29, 1.82) is 0 Å². The van der Waals surface area contributed by atoms with E-state index in [0.717, 1.165) is 5.56 Å². The highest BCUT2D eigenvalue weighted by molar-refractivity contribution is 6.08. The Balaban J connectivity index is 2.40. The second kappa shape index (κ2) is 9.34. The number of hydrogen-bond donors (Lipinski definition) is 0. The van der Waals surface area contributed by atoms with Crippen LogP contribution in [0.2, 0.25) is 0 Å². The van der Waals surface area contributed by atoms with E-state index in [9.17, 15) is 19.2 Å². The van der Waals surface area contributed by atoms with E-state index in [-0.39, 0.29) is 44.6 Å². The first-order valence-electron chi connectivity index (χ1n) is 9.01. The average Bonchev–Trinajstić information content (AvgIpc) is 2.96. The van der Waals surface area contributed by atoms with Crippen LogP contribution in [0.25, 0.3) is 0 Å². The van der Waals surface area contributed by atoms with E-state index in [4.69, 9.17) is 9.47 Å². The van der Waals surface area contributed by atoms with Gasteiger partial charge in [0.25, 0.3) is 0 Å². The Hall–Kier alpha value is -2.90. The van der Waals surface area contributed by atoms with Gasteiger partial charge in [-0.15, -0.1) is 0 Å². The molecule has 1 aromatic carbocycles. The van der Waals surface area contributed by atoms with Crippen LogP contribution in [0, 0.1) is 0 Å². The number of para-hydroxylation sites is 1. The fourth-order valence-electron chi connectivity index (χ4n) is 3.57. The Morgan fingerprint density at radius 1 is 0.857 bits per heavy atom. The molecule has 1 aliphatic heterocycles. The summed E-state index contributed by atoms with van der Waals surface area (Å²) in [6.07, 6.45) is 0.494. The highest BCUT2D eigenvalue weighted by Crippen LogP contribution is 2.47. The van der Waals surface area contributed by atoms with Crippen LogP contribution in [0.1, 0.15) is 37.7 Å². The van der Waals surface area contributed by atoms with Crippen molar-refractivity contribution >= 4 is 29.5 Å². The van der Waals surface area contributed by atoms with Crippen LogP contribution in [-0.4, -0.2) is 51.7 Å². The molecule has 1 heterocycles. The zero-order valence-corrected chi connectivity index (χ0v) is 16.4. The second-order valence-corrected chi connectivity index (χ2v) is 6.53. The van der Waals surface area contributed by atoms with Crippen molar-refractivity contribution in [2.45, 2.75) is 37.5 Å². The van der Waals surface area contributed by atoms with Crippen molar-refractivity contribution in [3.05, 3.63) is 29.8 Å². The van der Waals surface area contributed by atoms with Crippen molar-refractivity contribution < 1.29 is 33.4 Å². The summed E-state index contributed by atoms with van der Waals surface area (Å²) in [6.45, 7) is 0.153. The quantitative estimate of drug-likeness (QED) is 0.467. The maximum absolute atomic E-state index is 13.5. The normalized spacial score (nSPS) is 14.4. The van der Waals surface area contributed by atoms with Crippen LogP contribution >= 0.6 is 0 Å². The summed E-state index contributed by atoms with van der Waals surface area (Å²) >= 11 is 0. The molecule has 0 saturated carbocycles. The van der Waals surface area contributed by atoms with Gasteiger partial charge in [0, 0.05) is 25.1 Å². The smallest absolute Gasteiger partial charge is 0.307 e. The van der Waals surface area contributed by atoms with Crippen LogP contribution < -0.4 is 4.90 Å². The molecule has 8 heteroatoms. The molecule has 0 aromatic heterocycles. The van der Waals surface area contributed by atoms with Gasteiger partial charge in [-0.25, -0.2) is 0 Å². The van der Waals surface area contributed by atoms with E-state index >= 15 is 0 Å². The van der Waals surface area contributed by atoms with Gasteiger partial charge >= 0.3 is 17.9 Å². The summed E-state index contributed by atoms with van der Waals surface area (Å²) in [5.41, 5.74) is 0.346. The number of carbonyl (C=O) groups excluding carboxylic acids is 4. The van der Waals surface area contributed by atoms with Gasteiger partial charge < -0.3 is 19.1 Å². The minimum atomic E-state index is -1.06. The number of rotatable bonds is 9. The Morgan fingerprint density at radius 2 is 1.36 bits per heavy atom. The van der Waals surface area contributed by atoms with Crippen LogP contribution in [-0.2, 0) is 38.8 Å². The van der Waals surface area contributed by atoms with Gasteiger partial charge in [-0.1, -0.05) is 18.2 Å². The predicted molar refractivity (Wildman–Crippen MR) is 99.6 cm³/mol. The van der Waals surface area contributed by atoms with Crippen LogP contribution in [0.3, 0.4) is 0 Å². The fourth-order valence-corrected chi connectivity index (χ4v) is 3.57. The number of ether oxygens (including phenoxy) is 3. The van der Waals surface area contributed by atoms with Gasteiger partial charge in [-0.05, 0) is 24.5 Å². The molecule has 28 heavy (non-hydrogen) atoms. The Morgan fingerprint density at radius 3 is 1.89 bits per heavy atom. The molecule has 1 aromatic rings. The number of anilines is 1. The van der Waals surface area contributed by atoms with Gasteiger partial charge in [0.05, 0.1) is 33.2 Å². The second-order valence-electron chi connectivity index (χ2n) is 6.53. The van der Waals surface area contributed by atoms with Crippen molar-refractivity contribution in [2.75, 3.05) is 32.8 Å². The molecule has 152 valence electrons. The molecule has 0 aliphatic carbocycles. The Kier molecular flexibility index (Phi) is 7.14. The molecule has 1 amide bonds. The van der Waals surface area contributed by atoms with Crippen LogP contribution in [0.5, 0.6) is 0 Å². The van der Waals surface area contributed by atoms with Gasteiger partial charge in [-0.2, -0.15) is 0 Å². The largest absolute Gasteiger partial charge is 0.469 e. The van der Waals surface area contributed by atoms with E-state index < -0.39 is 23.3 Å². The van der Waals surface area contributed by atoms with Gasteiger partial charge in [0.1, 0.15) is 0 Å². The fraction of sp³-hybridized carbons (Fsp3) is 0.500. The molecule has 0 fully saturated rings. The van der Waals surface area contributed by atoms with Crippen molar-refractivity contribution in [3.8, 4) is 0 Å². The van der Waals surface area contributed by atoms with Crippen molar-refractivity contribution in [2.24, 2.45) is 0 Å². The molecular weight excluding hydrogens is 366 g/mol. The number of esters is 3. The van der Waals surface area contributed by atoms with E-state index in [1.807, 2.05) is 6.07 Å². The molecule has 8 nitrogen and oxygen atoms in total. The molecule has 0 N–H and O–H groups in total. The number of nitrogens with zero attached hydrogens (tertiary/aromatic N) is 1. The first-order chi connectivity index (χ1) is 13.4. The molecule has 2 rings (SSSR count). The summed E-state index contributed by atoms with van der Waals surface area (Å²) in [5, 5.41) is 0. The average molecular weight is 391 g/mol. The lowest BCUT2D eigenvalue weighted by atomic mass is 9.74. The third kappa shape index (κ3) is 4.32. The molecular formula is C20H25NO7. The SMILES string of the molecule is COC(=O)CCN1C(=O)C(CCC(=O)OC)(CCC(=O)OC)c2ccccc21. The van der Waals surface area contributed by atoms with Crippen LogP contribution in [0.15, 0.2) is 24.3 Å². The summed E-state index contributed by atoms with van der Waals surface area (Å²) in [4.78, 5) is 50.1. The maximum atomic E-state index is 13.5. The third-order valence-electron chi connectivity index (χ3n) is 5.10. The molecule has 0 spiro atoms. The van der Waals surface area contributed by atoms with E-state index in [1.54, 1.807) is 18.2 Å². The lowest BCUT2D eigenvalue weighted by Gasteiger charge is -2.28. The van der Waals surface area contributed by atoms with Gasteiger partial charge in [0.2, 0.25) is 5.91 Å². The molecule has 1 aliphatic rings. The molecule has 0 atom stereocenters. The van der Waals surface area contributed by atoms with E-state index in [2.05, 4.69) is 4.74 Å². The minimum Gasteiger partial charge on any atom is -0.469 e. The number of carbonyl (C=O) groups is 4. The highest BCUT2D eigenvalue weighted by Gasteiger charge is 2.50. The standard InChI is InChI=1S/C20H25NO7/c1-26-16(22)8-11-20(12-9-17(23)27-2)14-6-4-5-7-15(14)21(19(20)25)13-10-18(24)28-3/h4-7H,8-13H2,1-3H3. The summed E-state index contributed by atoms with van der Waals surface area (Å²) < 4.78 is 14.1. The Labute approximate surface area is 163 Å². The van der Waals surface area contributed by atoms with Gasteiger partial charge in [0.15, 0.2) is 0 Å². The van der Waals surface area contributed by atoms with Crippen molar-refractivity contribution in [3.63, 3.8) is 0 Å². The van der Waals surface area contributed by atoms with E-state index in [0.29, 0.717) is 5.69 Å². The summed E-state index contributed by atoms with van der Waals surface area (Å²) in [5.74, 6) is -1.54. The highest BCUT2D eigenvalue weighted by atomic mass is 16.5. The Bertz CT molecular complexity index is 739. The molecule has 0 saturated heterocycles. The van der Waals surface area contributed by atoms with Gasteiger partial charge in [-0.3, -0.25) is 19.2 Å². The van der Waals surface area contributed by atoms with Crippen molar-refractivity contribution in [1.82, 2.24) is 0 Å². The number of hydrogen-bond acceptors (Lipinski definition) is 7. The number of fused-ring (bicyclic) bond motifs is 1. The monoisotopic (exact) mass is 391 g/mol. The molecule has 0 unspecified atom stereocenters. The zero-order chi connectivity index (χ0) is 20.7. The maximum Gasteiger partial charge on any atom is 0.307 e. The van der Waals surface area contributed by atoms with E-state index in [1.165, 1.54) is 26.2 Å². The summed E-state index contributed by atoms with van der Waals surface area (Å²) in [6, 6.07) is 7.22. The first kappa shape index (κ1) is 21.4. The number of amides is 1. The zero-order valence-electron chi connectivity index (χ0n) is 16.4.